The van der Waals surface area contributed by atoms with Crippen LogP contribution in [0.3, 0.4) is 0 Å². The van der Waals surface area contributed by atoms with Crippen molar-refractivity contribution in [3.8, 4) is 33.8 Å². The Morgan fingerprint density at radius 2 is 0.855 bits per heavy atom. The van der Waals surface area contributed by atoms with Gasteiger partial charge in [0.05, 0.1) is 10.8 Å². The lowest BCUT2D eigenvalue weighted by molar-refractivity contribution is 0.436. The molecule has 258 valence electrons. The van der Waals surface area contributed by atoms with E-state index in [0.29, 0.717) is 0 Å². The van der Waals surface area contributed by atoms with Gasteiger partial charge in [-0.05, 0) is 73.0 Å². The summed E-state index contributed by atoms with van der Waals surface area (Å²) in [5.41, 5.74) is 13.4. The van der Waals surface area contributed by atoms with Crippen LogP contribution in [0.25, 0.3) is 33.0 Å². The standard InChI is InChI=1S/C54H36O/c1-5-19-39(20-6-1)53(40-21-7-2-8-22-40)46-29-15-16-31-50(46)55-52-44(28-17-30-48(52)53)38-32-34-45-49(36-38)54(41-23-9-3-10-24-41,42-25-11-4-12-26-42)47-35-33-37-18-13-14-27-43(37)51(45)47/h1-36H. The van der Waals surface area contributed by atoms with E-state index in [4.69, 9.17) is 4.74 Å². The Hall–Kier alpha value is -6.96. The predicted octanol–water partition coefficient (Wildman–Crippen LogP) is 13.4. The van der Waals surface area contributed by atoms with Crippen LogP contribution >= 0.6 is 0 Å². The molecule has 1 aliphatic heterocycles. The van der Waals surface area contributed by atoms with E-state index < -0.39 is 10.8 Å². The molecule has 11 rings (SSSR count). The molecular formula is C54H36O. The van der Waals surface area contributed by atoms with Crippen molar-refractivity contribution in [1.82, 2.24) is 0 Å². The highest BCUT2D eigenvalue weighted by molar-refractivity contribution is 6.04. The van der Waals surface area contributed by atoms with Crippen LogP contribution in [0.4, 0.5) is 0 Å². The fourth-order valence-corrected chi connectivity index (χ4v) is 9.88. The van der Waals surface area contributed by atoms with Gasteiger partial charge in [-0.15, -0.1) is 0 Å². The zero-order valence-electron chi connectivity index (χ0n) is 30.2. The molecule has 0 aromatic heterocycles. The molecule has 0 spiro atoms. The maximum atomic E-state index is 7.12. The highest BCUT2D eigenvalue weighted by Gasteiger charge is 2.48. The molecular weight excluding hydrogens is 665 g/mol. The van der Waals surface area contributed by atoms with E-state index in [0.717, 1.165) is 33.8 Å². The summed E-state index contributed by atoms with van der Waals surface area (Å²) in [6.07, 6.45) is 0. The topological polar surface area (TPSA) is 9.23 Å². The number of hydrogen-bond donors (Lipinski definition) is 0. The Labute approximate surface area is 321 Å². The Morgan fingerprint density at radius 3 is 1.49 bits per heavy atom. The number of para-hydroxylation sites is 2. The third kappa shape index (κ3) is 4.41. The lowest BCUT2D eigenvalue weighted by Gasteiger charge is -2.42. The van der Waals surface area contributed by atoms with Gasteiger partial charge in [0, 0.05) is 16.7 Å². The second kappa shape index (κ2) is 12.3. The fraction of sp³-hybridized carbons (Fsp3) is 0.0370. The number of fused-ring (bicyclic) bond motifs is 7. The molecule has 2 aliphatic rings. The van der Waals surface area contributed by atoms with Crippen molar-refractivity contribution in [3.05, 3.63) is 263 Å². The van der Waals surface area contributed by atoms with Gasteiger partial charge in [-0.3, -0.25) is 0 Å². The van der Waals surface area contributed by atoms with Crippen molar-refractivity contribution in [2.75, 3.05) is 0 Å². The van der Waals surface area contributed by atoms with E-state index in [1.807, 2.05) is 0 Å². The molecule has 1 heterocycles. The molecule has 1 aliphatic carbocycles. The van der Waals surface area contributed by atoms with E-state index in [2.05, 4.69) is 218 Å². The van der Waals surface area contributed by atoms with Crippen LogP contribution in [-0.4, -0.2) is 0 Å². The van der Waals surface area contributed by atoms with E-state index in [1.54, 1.807) is 0 Å². The summed E-state index contributed by atoms with van der Waals surface area (Å²) in [6, 6.07) is 79.8. The maximum Gasteiger partial charge on any atom is 0.140 e. The van der Waals surface area contributed by atoms with E-state index >= 15 is 0 Å². The van der Waals surface area contributed by atoms with Crippen molar-refractivity contribution in [1.29, 1.82) is 0 Å². The van der Waals surface area contributed by atoms with Gasteiger partial charge in [-0.2, -0.15) is 0 Å². The van der Waals surface area contributed by atoms with Gasteiger partial charge in [0.15, 0.2) is 0 Å². The molecule has 55 heavy (non-hydrogen) atoms. The van der Waals surface area contributed by atoms with Gasteiger partial charge in [-0.1, -0.05) is 206 Å². The molecule has 0 fully saturated rings. The highest BCUT2D eigenvalue weighted by atomic mass is 16.5. The molecule has 0 amide bonds. The monoisotopic (exact) mass is 700 g/mol. The zero-order chi connectivity index (χ0) is 36.4. The second-order valence-corrected chi connectivity index (χ2v) is 14.7. The first-order valence-corrected chi connectivity index (χ1v) is 19.1. The van der Waals surface area contributed by atoms with Crippen LogP contribution in [0, 0.1) is 0 Å². The molecule has 1 heteroatoms. The average molecular weight is 701 g/mol. The van der Waals surface area contributed by atoms with Gasteiger partial charge in [0.1, 0.15) is 11.5 Å². The molecule has 0 saturated carbocycles. The summed E-state index contributed by atoms with van der Waals surface area (Å²) in [5, 5.41) is 2.52. The van der Waals surface area contributed by atoms with Gasteiger partial charge in [0.25, 0.3) is 0 Å². The highest BCUT2D eigenvalue weighted by Crippen LogP contribution is 2.60. The summed E-state index contributed by atoms with van der Waals surface area (Å²) >= 11 is 0. The van der Waals surface area contributed by atoms with Gasteiger partial charge in [0.2, 0.25) is 0 Å². The largest absolute Gasteiger partial charge is 0.456 e. The first-order valence-electron chi connectivity index (χ1n) is 19.1. The second-order valence-electron chi connectivity index (χ2n) is 14.7. The van der Waals surface area contributed by atoms with Crippen LogP contribution in [0.5, 0.6) is 11.5 Å². The van der Waals surface area contributed by atoms with Gasteiger partial charge >= 0.3 is 0 Å². The van der Waals surface area contributed by atoms with Crippen LogP contribution in [0.2, 0.25) is 0 Å². The average Bonchev–Trinajstić information content (AvgIpc) is 3.57. The molecule has 0 atom stereocenters. The summed E-state index contributed by atoms with van der Waals surface area (Å²) in [6.45, 7) is 0. The molecule has 0 unspecified atom stereocenters. The maximum absolute atomic E-state index is 7.12. The van der Waals surface area contributed by atoms with E-state index in [1.165, 1.54) is 55.3 Å². The third-order valence-corrected chi connectivity index (χ3v) is 12.1. The van der Waals surface area contributed by atoms with Crippen LogP contribution in [0.15, 0.2) is 218 Å². The first kappa shape index (κ1) is 31.6. The van der Waals surface area contributed by atoms with Crippen molar-refractivity contribution in [3.63, 3.8) is 0 Å². The lowest BCUT2D eigenvalue weighted by Crippen LogP contribution is -2.34. The number of benzene rings is 9. The minimum absolute atomic E-state index is 0.534. The molecule has 1 nitrogen and oxygen atoms in total. The Morgan fingerprint density at radius 1 is 0.327 bits per heavy atom. The first-order chi connectivity index (χ1) is 27.3. The summed E-state index contributed by atoms with van der Waals surface area (Å²) in [5.74, 6) is 1.76. The summed E-state index contributed by atoms with van der Waals surface area (Å²) in [4.78, 5) is 0. The molecule has 9 aromatic carbocycles. The fourth-order valence-electron chi connectivity index (χ4n) is 9.88. The summed E-state index contributed by atoms with van der Waals surface area (Å²) < 4.78 is 7.12. The van der Waals surface area contributed by atoms with E-state index in [9.17, 15) is 0 Å². The molecule has 0 saturated heterocycles. The van der Waals surface area contributed by atoms with Crippen molar-refractivity contribution >= 4 is 10.8 Å². The quantitative estimate of drug-likeness (QED) is 0.174. The number of hydrogen-bond acceptors (Lipinski definition) is 1. The molecule has 9 aromatic rings. The summed E-state index contributed by atoms with van der Waals surface area (Å²) in [7, 11) is 0. The predicted molar refractivity (Wildman–Crippen MR) is 225 cm³/mol. The third-order valence-electron chi connectivity index (χ3n) is 12.1. The van der Waals surface area contributed by atoms with Gasteiger partial charge in [-0.25, -0.2) is 0 Å². The number of ether oxygens (including phenoxy) is 1. The Balaban J connectivity index is 1.23. The molecule has 0 N–H and O–H groups in total. The lowest BCUT2D eigenvalue weighted by atomic mass is 9.63. The van der Waals surface area contributed by atoms with Crippen molar-refractivity contribution in [2.45, 2.75) is 10.8 Å². The zero-order valence-corrected chi connectivity index (χ0v) is 30.2. The molecule has 0 bridgehead atoms. The SMILES string of the molecule is c1ccc(C2(c3ccccc3)c3ccccc3Oc3c(-c4ccc5c(c4)C(c4ccccc4)(c4ccccc4)c4ccc6ccccc6c4-5)cccc32)cc1. The van der Waals surface area contributed by atoms with Crippen LogP contribution in [-0.2, 0) is 10.8 Å². The van der Waals surface area contributed by atoms with Crippen LogP contribution < -0.4 is 4.74 Å². The smallest absolute Gasteiger partial charge is 0.140 e. The normalized spacial score (nSPS) is 14.3. The Bertz CT molecular complexity index is 2800. The molecule has 0 radical (unpaired) electrons. The van der Waals surface area contributed by atoms with Crippen LogP contribution in [0.1, 0.15) is 44.5 Å². The van der Waals surface area contributed by atoms with E-state index in [-0.39, 0.29) is 0 Å². The van der Waals surface area contributed by atoms with Crippen molar-refractivity contribution < 1.29 is 4.74 Å². The Kier molecular flexibility index (Phi) is 7.06. The van der Waals surface area contributed by atoms with Crippen molar-refractivity contribution in [2.24, 2.45) is 0 Å². The minimum Gasteiger partial charge on any atom is -0.456 e. The van der Waals surface area contributed by atoms with Gasteiger partial charge < -0.3 is 4.74 Å². The minimum atomic E-state index is -0.591. The number of rotatable bonds is 5.